The Labute approximate surface area is 116 Å². The molecule has 5 heteroatoms. The Morgan fingerprint density at radius 3 is 3.11 bits per heavy atom. The number of thioether (sulfide) groups is 1. The maximum absolute atomic E-state index is 4.75. The van der Waals surface area contributed by atoms with Gasteiger partial charge in [-0.15, -0.1) is 23.1 Å². The molecule has 2 heterocycles. The molecule has 1 fully saturated rings. The molecule has 0 atom stereocenters. The van der Waals surface area contributed by atoms with Crippen molar-refractivity contribution >= 4 is 28.1 Å². The van der Waals surface area contributed by atoms with Crippen LogP contribution in [0.3, 0.4) is 0 Å². The van der Waals surface area contributed by atoms with E-state index in [2.05, 4.69) is 35.1 Å². The Hall–Kier alpha value is -0.520. The first-order valence-electron chi connectivity index (χ1n) is 6.54. The smallest absolute Gasteiger partial charge is 0.194 e. The fraction of sp³-hybridized carbons (Fsp3) is 0.615. The average Bonchev–Trinajstić information content (AvgIpc) is 2.94. The maximum atomic E-state index is 4.75. The van der Waals surface area contributed by atoms with Crippen molar-refractivity contribution in [2.45, 2.75) is 44.3 Å². The quantitative estimate of drug-likeness (QED) is 0.823. The molecule has 3 rings (SSSR count). The number of hydrogen-bond donors (Lipinski definition) is 1. The van der Waals surface area contributed by atoms with Gasteiger partial charge in [0.1, 0.15) is 5.03 Å². The number of rotatable bonds is 6. The fourth-order valence-electron chi connectivity index (χ4n) is 1.86. The van der Waals surface area contributed by atoms with Gasteiger partial charge in [-0.05, 0) is 18.8 Å². The van der Waals surface area contributed by atoms with Gasteiger partial charge in [0.05, 0.1) is 5.69 Å². The SMILES string of the molecule is CC(C)CSc1nc2sccn2c1CNC1CC1. The minimum Gasteiger partial charge on any atom is -0.308 e. The molecular formula is C13H19N3S2. The van der Waals surface area contributed by atoms with Gasteiger partial charge in [0.25, 0.3) is 0 Å². The Morgan fingerprint density at radius 2 is 2.39 bits per heavy atom. The zero-order chi connectivity index (χ0) is 12.5. The summed E-state index contributed by atoms with van der Waals surface area (Å²) >= 11 is 3.61. The molecule has 0 aromatic carbocycles. The molecule has 0 bridgehead atoms. The van der Waals surface area contributed by atoms with Crippen LogP contribution < -0.4 is 5.32 Å². The zero-order valence-corrected chi connectivity index (χ0v) is 12.5. The van der Waals surface area contributed by atoms with Gasteiger partial charge < -0.3 is 5.32 Å². The van der Waals surface area contributed by atoms with Gasteiger partial charge in [-0.3, -0.25) is 4.40 Å². The molecule has 18 heavy (non-hydrogen) atoms. The summed E-state index contributed by atoms with van der Waals surface area (Å²) in [6, 6.07) is 0.747. The third-order valence-electron chi connectivity index (χ3n) is 3.01. The predicted octanol–water partition coefficient (Wildman–Crippen LogP) is 3.40. The molecule has 1 aliphatic carbocycles. The Morgan fingerprint density at radius 1 is 1.56 bits per heavy atom. The second kappa shape index (κ2) is 5.23. The van der Waals surface area contributed by atoms with Gasteiger partial charge in [-0.25, -0.2) is 4.98 Å². The van der Waals surface area contributed by atoms with E-state index < -0.39 is 0 Å². The Kier molecular flexibility index (Phi) is 3.63. The standard InChI is InChI=1S/C13H19N3S2/c1-9(2)8-18-12-11(7-14-10-3-4-10)16-5-6-17-13(16)15-12/h5-6,9-10,14H,3-4,7-8H2,1-2H3. The van der Waals surface area contributed by atoms with Gasteiger partial charge >= 0.3 is 0 Å². The summed E-state index contributed by atoms with van der Waals surface area (Å²) in [6.45, 7) is 5.46. The lowest BCUT2D eigenvalue weighted by atomic mass is 10.3. The van der Waals surface area contributed by atoms with E-state index in [0.29, 0.717) is 5.92 Å². The van der Waals surface area contributed by atoms with E-state index in [4.69, 9.17) is 4.98 Å². The van der Waals surface area contributed by atoms with Gasteiger partial charge in [0.15, 0.2) is 4.96 Å². The molecule has 98 valence electrons. The van der Waals surface area contributed by atoms with Crippen molar-refractivity contribution in [2.24, 2.45) is 5.92 Å². The molecule has 2 aromatic rings. The van der Waals surface area contributed by atoms with Crippen LogP contribution in [0.4, 0.5) is 0 Å². The third kappa shape index (κ3) is 2.73. The van der Waals surface area contributed by atoms with Crippen molar-refractivity contribution < 1.29 is 0 Å². The third-order valence-corrected chi connectivity index (χ3v) is 5.20. The summed E-state index contributed by atoms with van der Waals surface area (Å²) in [5.74, 6) is 1.85. The highest BCUT2D eigenvalue weighted by molar-refractivity contribution is 7.99. The van der Waals surface area contributed by atoms with E-state index in [1.165, 1.54) is 23.6 Å². The van der Waals surface area contributed by atoms with Crippen molar-refractivity contribution in [3.8, 4) is 0 Å². The fourth-order valence-corrected chi connectivity index (χ4v) is 3.63. The number of nitrogens with one attached hydrogen (secondary N) is 1. The van der Waals surface area contributed by atoms with E-state index in [9.17, 15) is 0 Å². The van der Waals surface area contributed by atoms with Gasteiger partial charge in [-0.2, -0.15) is 0 Å². The highest BCUT2D eigenvalue weighted by atomic mass is 32.2. The summed E-state index contributed by atoms with van der Waals surface area (Å²) in [5, 5.41) is 6.92. The highest BCUT2D eigenvalue weighted by Crippen LogP contribution is 2.28. The molecule has 0 saturated heterocycles. The summed E-state index contributed by atoms with van der Waals surface area (Å²) in [7, 11) is 0. The first-order chi connectivity index (χ1) is 8.74. The molecule has 0 unspecified atom stereocenters. The van der Waals surface area contributed by atoms with Crippen molar-refractivity contribution in [3.05, 3.63) is 17.3 Å². The van der Waals surface area contributed by atoms with E-state index in [1.807, 2.05) is 11.8 Å². The first kappa shape index (κ1) is 12.5. The lowest BCUT2D eigenvalue weighted by molar-refractivity contribution is 0.661. The summed E-state index contributed by atoms with van der Waals surface area (Å²) < 4.78 is 2.24. The minimum atomic E-state index is 0.707. The van der Waals surface area contributed by atoms with Crippen LogP contribution in [0.1, 0.15) is 32.4 Å². The molecule has 0 aliphatic heterocycles. The minimum absolute atomic E-state index is 0.707. The summed E-state index contributed by atoms with van der Waals surface area (Å²) in [5.41, 5.74) is 1.34. The monoisotopic (exact) mass is 281 g/mol. The zero-order valence-electron chi connectivity index (χ0n) is 10.8. The maximum Gasteiger partial charge on any atom is 0.194 e. The van der Waals surface area contributed by atoms with E-state index in [0.717, 1.165) is 23.3 Å². The normalized spacial score (nSPS) is 15.9. The number of hydrogen-bond acceptors (Lipinski definition) is 4. The lowest BCUT2D eigenvalue weighted by Gasteiger charge is -2.06. The molecule has 3 nitrogen and oxygen atoms in total. The lowest BCUT2D eigenvalue weighted by Crippen LogP contribution is -2.17. The molecule has 1 N–H and O–H groups in total. The van der Waals surface area contributed by atoms with Crippen LogP contribution in [-0.4, -0.2) is 21.2 Å². The largest absolute Gasteiger partial charge is 0.308 e. The predicted molar refractivity (Wildman–Crippen MR) is 78.5 cm³/mol. The van der Waals surface area contributed by atoms with Gasteiger partial charge in [-0.1, -0.05) is 13.8 Å². The van der Waals surface area contributed by atoms with Gasteiger partial charge in [0, 0.05) is 29.9 Å². The number of fused-ring (bicyclic) bond motifs is 1. The van der Waals surface area contributed by atoms with E-state index >= 15 is 0 Å². The van der Waals surface area contributed by atoms with Crippen molar-refractivity contribution in [1.82, 2.24) is 14.7 Å². The topological polar surface area (TPSA) is 29.3 Å². The van der Waals surface area contributed by atoms with Crippen LogP contribution in [0.2, 0.25) is 0 Å². The molecule has 0 amide bonds. The second-order valence-corrected chi connectivity index (χ2v) is 7.16. The van der Waals surface area contributed by atoms with Gasteiger partial charge in [0.2, 0.25) is 0 Å². The van der Waals surface area contributed by atoms with Crippen LogP contribution in [-0.2, 0) is 6.54 Å². The number of aromatic nitrogens is 2. The number of thiazole rings is 1. The second-order valence-electron chi connectivity index (χ2n) is 5.28. The average molecular weight is 281 g/mol. The van der Waals surface area contributed by atoms with Crippen molar-refractivity contribution in [2.75, 3.05) is 5.75 Å². The van der Waals surface area contributed by atoms with E-state index in [1.54, 1.807) is 11.3 Å². The van der Waals surface area contributed by atoms with Crippen molar-refractivity contribution in [3.63, 3.8) is 0 Å². The number of imidazole rings is 1. The van der Waals surface area contributed by atoms with Crippen LogP contribution >= 0.6 is 23.1 Å². The van der Waals surface area contributed by atoms with E-state index in [-0.39, 0.29) is 0 Å². The van der Waals surface area contributed by atoms with Crippen LogP contribution in [0.5, 0.6) is 0 Å². The molecule has 1 aliphatic rings. The molecule has 2 aromatic heterocycles. The Balaban J connectivity index is 1.80. The highest BCUT2D eigenvalue weighted by Gasteiger charge is 2.22. The first-order valence-corrected chi connectivity index (χ1v) is 8.41. The molecule has 0 radical (unpaired) electrons. The number of nitrogens with zero attached hydrogens (tertiary/aromatic N) is 2. The molecular weight excluding hydrogens is 262 g/mol. The van der Waals surface area contributed by atoms with Crippen LogP contribution in [0.15, 0.2) is 16.6 Å². The van der Waals surface area contributed by atoms with Crippen molar-refractivity contribution in [1.29, 1.82) is 0 Å². The summed E-state index contributed by atoms with van der Waals surface area (Å²) in [6.07, 6.45) is 4.80. The molecule has 1 saturated carbocycles. The molecule has 0 spiro atoms. The van der Waals surface area contributed by atoms with Crippen LogP contribution in [0, 0.1) is 5.92 Å². The summed E-state index contributed by atoms with van der Waals surface area (Å²) in [4.78, 5) is 5.87. The Bertz CT molecular complexity index is 525. The van der Waals surface area contributed by atoms with Crippen LogP contribution in [0.25, 0.3) is 4.96 Å².